The maximum absolute atomic E-state index is 13.1. The van der Waals surface area contributed by atoms with E-state index in [1.165, 1.54) is 5.56 Å². The zero-order valence-corrected chi connectivity index (χ0v) is 13.0. The van der Waals surface area contributed by atoms with Crippen molar-refractivity contribution in [3.63, 3.8) is 0 Å². The van der Waals surface area contributed by atoms with Gasteiger partial charge in [0.05, 0.1) is 5.92 Å². The second kappa shape index (κ2) is 6.06. The molecule has 114 valence electrons. The fraction of sp³-hybridized carbons (Fsp3) is 0.588. The highest BCUT2D eigenvalue weighted by Gasteiger charge is 2.32. The van der Waals surface area contributed by atoms with E-state index < -0.39 is 0 Å². The number of likely N-dealkylation sites (N-methyl/N-ethyl adjacent to an activating group) is 1. The number of hydrogen-bond donors (Lipinski definition) is 1. The van der Waals surface area contributed by atoms with Crippen LogP contribution in [0.15, 0.2) is 24.3 Å². The Balaban J connectivity index is 1.82. The van der Waals surface area contributed by atoms with Crippen LogP contribution in [-0.4, -0.2) is 55.0 Å². The van der Waals surface area contributed by atoms with Gasteiger partial charge < -0.3 is 15.1 Å². The fourth-order valence-electron chi connectivity index (χ4n) is 3.62. The number of nitrogens with one attached hydrogen (secondary N) is 1. The van der Waals surface area contributed by atoms with E-state index in [-0.39, 0.29) is 5.92 Å². The van der Waals surface area contributed by atoms with Crippen LogP contribution in [0.2, 0.25) is 0 Å². The zero-order chi connectivity index (χ0) is 14.8. The monoisotopic (exact) mass is 287 g/mol. The molecule has 4 heteroatoms. The average molecular weight is 287 g/mol. The molecule has 2 atom stereocenters. The highest BCUT2D eigenvalue weighted by Crippen LogP contribution is 2.33. The number of rotatable bonds is 1. The summed E-state index contributed by atoms with van der Waals surface area (Å²) >= 11 is 0. The van der Waals surface area contributed by atoms with Crippen LogP contribution >= 0.6 is 0 Å². The molecule has 21 heavy (non-hydrogen) atoms. The van der Waals surface area contributed by atoms with Crippen molar-refractivity contribution < 1.29 is 4.79 Å². The van der Waals surface area contributed by atoms with E-state index in [1.807, 2.05) is 12.1 Å². The smallest absolute Gasteiger partial charge is 0.230 e. The Hall–Kier alpha value is -1.55. The molecule has 1 aromatic rings. The highest BCUT2D eigenvalue weighted by molar-refractivity contribution is 5.86. The molecule has 2 unspecified atom stereocenters. The van der Waals surface area contributed by atoms with Crippen molar-refractivity contribution in [3.05, 3.63) is 29.8 Å². The summed E-state index contributed by atoms with van der Waals surface area (Å²) in [4.78, 5) is 17.5. The van der Waals surface area contributed by atoms with E-state index in [9.17, 15) is 4.79 Å². The van der Waals surface area contributed by atoms with Gasteiger partial charge in [0.25, 0.3) is 0 Å². The van der Waals surface area contributed by atoms with Crippen molar-refractivity contribution in [1.29, 1.82) is 0 Å². The number of benzene rings is 1. The first-order valence-electron chi connectivity index (χ1n) is 7.98. The molecule has 1 amide bonds. The molecule has 0 aliphatic carbocycles. The second-order valence-electron chi connectivity index (χ2n) is 6.35. The molecule has 2 aliphatic rings. The molecular formula is C17H25N3O. The van der Waals surface area contributed by atoms with Crippen molar-refractivity contribution in [2.75, 3.05) is 38.5 Å². The average Bonchev–Trinajstić information content (AvgIpc) is 2.66. The van der Waals surface area contributed by atoms with Crippen molar-refractivity contribution in [2.45, 2.75) is 31.7 Å². The fourth-order valence-corrected chi connectivity index (χ4v) is 3.62. The number of fused-ring (bicyclic) bond motifs is 1. The van der Waals surface area contributed by atoms with Crippen molar-refractivity contribution >= 4 is 11.6 Å². The molecule has 1 N–H and O–H groups in total. The normalized spacial score (nSPS) is 26.7. The zero-order valence-electron chi connectivity index (χ0n) is 13.0. The van der Waals surface area contributed by atoms with E-state index in [2.05, 4.69) is 41.2 Å². The summed E-state index contributed by atoms with van der Waals surface area (Å²) in [7, 11) is 2.14. The van der Waals surface area contributed by atoms with Crippen LogP contribution in [-0.2, 0) is 4.79 Å². The van der Waals surface area contributed by atoms with E-state index in [4.69, 9.17) is 0 Å². The molecule has 3 rings (SSSR count). The third-order valence-electron chi connectivity index (χ3n) is 4.71. The van der Waals surface area contributed by atoms with Gasteiger partial charge in [0.1, 0.15) is 0 Å². The lowest BCUT2D eigenvalue weighted by molar-refractivity contribution is -0.134. The summed E-state index contributed by atoms with van der Waals surface area (Å²) in [6, 6.07) is 8.54. The van der Waals surface area contributed by atoms with Crippen LogP contribution in [0.4, 0.5) is 5.69 Å². The molecule has 0 radical (unpaired) electrons. The second-order valence-corrected chi connectivity index (χ2v) is 6.35. The van der Waals surface area contributed by atoms with Gasteiger partial charge in [-0.1, -0.05) is 18.2 Å². The van der Waals surface area contributed by atoms with Crippen LogP contribution < -0.4 is 5.32 Å². The maximum atomic E-state index is 13.1. The number of hydrogen-bond acceptors (Lipinski definition) is 3. The lowest BCUT2D eigenvalue weighted by atomic mass is 9.89. The topological polar surface area (TPSA) is 35.6 Å². The van der Waals surface area contributed by atoms with Crippen molar-refractivity contribution in [3.8, 4) is 0 Å². The van der Waals surface area contributed by atoms with Gasteiger partial charge in [-0.05, 0) is 45.0 Å². The van der Waals surface area contributed by atoms with E-state index in [1.54, 1.807) is 0 Å². The van der Waals surface area contributed by atoms with Gasteiger partial charge >= 0.3 is 0 Å². The summed E-state index contributed by atoms with van der Waals surface area (Å²) in [5.41, 5.74) is 2.29. The van der Waals surface area contributed by atoms with Crippen LogP contribution in [0.3, 0.4) is 0 Å². The minimum absolute atomic E-state index is 0.0216. The van der Waals surface area contributed by atoms with E-state index in [0.29, 0.717) is 11.9 Å². The molecule has 2 heterocycles. The third-order valence-corrected chi connectivity index (χ3v) is 4.71. The Morgan fingerprint density at radius 2 is 2.10 bits per heavy atom. The van der Waals surface area contributed by atoms with Gasteiger partial charge in [-0.15, -0.1) is 0 Å². The number of nitrogens with zero attached hydrogens (tertiary/aromatic N) is 2. The van der Waals surface area contributed by atoms with Gasteiger partial charge in [0.2, 0.25) is 5.91 Å². The number of para-hydroxylation sites is 1. The number of carbonyl (C=O) groups is 1. The lowest BCUT2D eigenvalue weighted by Gasteiger charge is -2.34. The number of anilines is 1. The molecule has 2 aliphatic heterocycles. The molecule has 1 saturated heterocycles. The molecule has 0 spiro atoms. The molecule has 0 saturated carbocycles. The number of carbonyl (C=O) groups excluding carboxylic acids is 1. The summed E-state index contributed by atoms with van der Waals surface area (Å²) in [6.07, 6.45) is 1.97. The summed E-state index contributed by atoms with van der Waals surface area (Å²) in [6.45, 7) is 5.99. The van der Waals surface area contributed by atoms with Gasteiger partial charge in [-0.25, -0.2) is 0 Å². The summed E-state index contributed by atoms with van der Waals surface area (Å²) < 4.78 is 0. The Bertz CT molecular complexity index is 517. The van der Waals surface area contributed by atoms with Gasteiger partial charge in [-0.2, -0.15) is 0 Å². The maximum Gasteiger partial charge on any atom is 0.230 e. The third kappa shape index (κ3) is 2.91. The number of amides is 1. The predicted octanol–water partition coefficient (Wildman–Crippen LogP) is 2.14. The molecular weight excluding hydrogens is 262 g/mol. The Labute approximate surface area is 127 Å². The minimum Gasteiger partial charge on any atom is -0.385 e. The summed E-state index contributed by atoms with van der Waals surface area (Å²) in [5.74, 6) is 0.333. The van der Waals surface area contributed by atoms with Crippen molar-refractivity contribution in [2.24, 2.45) is 0 Å². The van der Waals surface area contributed by atoms with Crippen LogP contribution in [0.25, 0.3) is 0 Å². The molecule has 0 bridgehead atoms. The summed E-state index contributed by atoms with van der Waals surface area (Å²) in [5, 5.41) is 3.40. The Morgan fingerprint density at radius 1 is 1.29 bits per heavy atom. The standard InChI is InChI=1S/C17H25N3O/c1-13-12-19(2)10-5-11-20(13)17(21)15-8-9-18-16-7-4-3-6-14(15)16/h3-4,6-7,13,15,18H,5,8-12H2,1-2H3. The molecule has 1 fully saturated rings. The Kier molecular flexibility index (Phi) is 4.15. The SMILES string of the molecule is CC1CN(C)CCCN1C(=O)C1CCNc2ccccc21. The van der Waals surface area contributed by atoms with Gasteiger partial charge in [0.15, 0.2) is 0 Å². The quantitative estimate of drug-likeness (QED) is 0.859. The van der Waals surface area contributed by atoms with Crippen molar-refractivity contribution in [1.82, 2.24) is 9.80 Å². The minimum atomic E-state index is 0.0216. The first-order valence-corrected chi connectivity index (χ1v) is 7.98. The van der Waals surface area contributed by atoms with Crippen LogP contribution in [0.5, 0.6) is 0 Å². The first kappa shape index (κ1) is 14.4. The van der Waals surface area contributed by atoms with Gasteiger partial charge in [0, 0.05) is 31.4 Å². The van der Waals surface area contributed by atoms with E-state index in [0.717, 1.165) is 44.7 Å². The van der Waals surface area contributed by atoms with E-state index >= 15 is 0 Å². The predicted molar refractivity (Wildman–Crippen MR) is 85.6 cm³/mol. The van der Waals surface area contributed by atoms with Gasteiger partial charge in [-0.3, -0.25) is 4.79 Å². The Morgan fingerprint density at radius 3 is 2.95 bits per heavy atom. The highest BCUT2D eigenvalue weighted by atomic mass is 16.2. The van der Waals surface area contributed by atoms with Crippen LogP contribution in [0, 0.1) is 0 Å². The first-order chi connectivity index (χ1) is 10.2. The largest absolute Gasteiger partial charge is 0.385 e. The molecule has 0 aromatic heterocycles. The lowest BCUT2D eigenvalue weighted by Crippen LogP contribution is -2.45. The van der Waals surface area contributed by atoms with Crippen LogP contribution in [0.1, 0.15) is 31.2 Å². The molecule has 4 nitrogen and oxygen atoms in total. The molecule has 1 aromatic carbocycles.